The third-order valence-corrected chi connectivity index (χ3v) is 5.32. The highest BCUT2D eigenvalue weighted by atomic mass is 79.9. The number of aliphatic hydroxyl groups is 1. The van der Waals surface area contributed by atoms with Crippen LogP contribution in [0.25, 0.3) is 0 Å². The van der Waals surface area contributed by atoms with Gasteiger partial charge in [-0.05, 0) is 42.0 Å². The van der Waals surface area contributed by atoms with Crippen LogP contribution in [0.3, 0.4) is 0 Å². The molecule has 0 radical (unpaired) electrons. The van der Waals surface area contributed by atoms with Gasteiger partial charge in [-0.15, -0.1) is 6.58 Å². The van der Waals surface area contributed by atoms with Gasteiger partial charge < -0.3 is 14.6 Å². The van der Waals surface area contributed by atoms with Crippen molar-refractivity contribution in [3.8, 4) is 5.75 Å². The molecule has 2 aromatic rings. The Morgan fingerprint density at radius 1 is 1.30 bits per heavy atom. The van der Waals surface area contributed by atoms with E-state index in [4.69, 9.17) is 20.4 Å². The molecular weight excluding hydrogens is 450 g/mol. The minimum absolute atomic E-state index is 0.0781. The number of rotatable bonds is 9. The average Bonchev–Trinajstić information content (AvgIpc) is 3.15. The smallest absolute Gasteiger partial charge is 0.266 e. The molecule has 7 nitrogen and oxygen atoms in total. The average molecular weight is 474 g/mol. The van der Waals surface area contributed by atoms with Gasteiger partial charge in [0.2, 0.25) is 5.90 Å². The summed E-state index contributed by atoms with van der Waals surface area (Å²) in [5.41, 5.74) is 2.47. The highest BCUT2D eigenvalue weighted by Gasteiger charge is 2.52. The lowest BCUT2D eigenvalue weighted by Crippen LogP contribution is -2.50. The van der Waals surface area contributed by atoms with Crippen molar-refractivity contribution in [2.45, 2.75) is 24.5 Å². The van der Waals surface area contributed by atoms with Gasteiger partial charge in [0.25, 0.3) is 5.91 Å². The van der Waals surface area contributed by atoms with E-state index in [1.165, 1.54) is 0 Å². The van der Waals surface area contributed by atoms with Crippen molar-refractivity contribution in [1.82, 2.24) is 5.43 Å². The van der Waals surface area contributed by atoms with Crippen molar-refractivity contribution >= 4 is 27.7 Å². The summed E-state index contributed by atoms with van der Waals surface area (Å²) in [6, 6.07) is 14.8. The number of aliphatic hydroxyl groups excluding tert-OH is 1. The number of hydrogen-bond donors (Lipinski definition) is 3. The SMILES string of the molecule is C=CC[C@]1(C(=O)NN)N=C(c2ccc(OCCCO)cc2)O[C@H]1c1ccc(Br)cc1. The Morgan fingerprint density at radius 2 is 2.00 bits per heavy atom. The molecule has 1 amide bonds. The number of amides is 1. The van der Waals surface area contributed by atoms with E-state index in [2.05, 4.69) is 32.9 Å². The number of ether oxygens (including phenoxy) is 2. The van der Waals surface area contributed by atoms with E-state index in [-0.39, 0.29) is 13.0 Å². The maximum absolute atomic E-state index is 12.8. The van der Waals surface area contributed by atoms with Gasteiger partial charge in [-0.2, -0.15) is 0 Å². The van der Waals surface area contributed by atoms with Gasteiger partial charge in [-0.3, -0.25) is 10.2 Å². The number of carbonyl (C=O) groups is 1. The van der Waals surface area contributed by atoms with E-state index in [1.54, 1.807) is 18.2 Å². The summed E-state index contributed by atoms with van der Waals surface area (Å²) >= 11 is 3.42. The number of hydrogen-bond acceptors (Lipinski definition) is 6. The van der Waals surface area contributed by atoms with Gasteiger partial charge in [0, 0.05) is 29.5 Å². The zero-order chi connectivity index (χ0) is 21.6. The van der Waals surface area contributed by atoms with Gasteiger partial charge in [-0.25, -0.2) is 10.8 Å². The van der Waals surface area contributed by atoms with Gasteiger partial charge in [-0.1, -0.05) is 34.1 Å². The Kier molecular flexibility index (Phi) is 7.25. The van der Waals surface area contributed by atoms with E-state index in [0.717, 1.165) is 10.0 Å². The lowest BCUT2D eigenvalue weighted by atomic mass is 9.84. The summed E-state index contributed by atoms with van der Waals surface area (Å²) in [5.74, 6) is 6.06. The predicted molar refractivity (Wildman–Crippen MR) is 118 cm³/mol. The van der Waals surface area contributed by atoms with Crippen LogP contribution in [0, 0.1) is 0 Å². The zero-order valence-corrected chi connectivity index (χ0v) is 18.0. The summed E-state index contributed by atoms with van der Waals surface area (Å²) in [6.07, 6.45) is 1.78. The highest BCUT2D eigenvalue weighted by Crippen LogP contribution is 2.42. The molecule has 1 heterocycles. The van der Waals surface area contributed by atoms with Crippen molar-refractivity contribution in [1.29, 1.82) is 0 Å². The van der Waals surface area contributed by atoms with Crippen LogP contribution in [-0.4, -0.2) is 35.7 Å². The molecule has 30 heavy (non-hydrogen) atoms. The molecule has 4 N–H and O–H groups in total. The first-order valence-electron chi connectivity index (χ1n) is 9.52. The van der Waals surface area contributed by atoms with E-state index in [9.17, 15) is 4.79 Å². The minimum atomic E-state index is -1.27. The molecule has 0 spiro atoms. The number of nitrogens with two attached hydrogens (primary N) is 1. The predicted octanol–water partition coefficient (Wildman–Crippen LogP) is 3.03. The van der Waals surface area contributed by atoms with Crippen LogP contribution in [0.2, 0.25) is 0 Å². The van der Waals surface area contributed by atoms with E-state index in [1.807, 2.05) is 36.4 Å². The summed E-state index contributed by atoms with van der Waals surface area (Å²) in [4.78, 5) is 17.5. The minimum Gasteiger partial charge on any atom is -0.494 e. The summed E-state index contributed by atoms with van der Waals surface area (Å²) < 4.78 is 12.7. The Balaban J connectivity index is 1.95. The Hall–Kier alpha value is -2.68. The first kappa shape index (κ1) is 22.0. The second-order valence-electron chi connectivity index (χ2n) is 6.81. The molecule has 0 aromatic heterocycles. The number of aliphatic imine (C=N–C) groups is 1. The molecule has 0 unspecified atom stereocenters. The number of nitrogens with one attached hydrogen (secondary N) is 1. The van der Waals surface area contributed by atoms with Crippen LogP contribution in [0.1, 0.15) is 30.1 Å². The van der Waals surface area contributed by atoms with Gasteiger partial charge in [0.05, 0.1) is 6.61 Å². The molecule has 1 aliphatic rings. The van der Waals surface area contributed by atoms with Crippen LogP contribution < -0.4 is 16.0 Å². The lowest BCUT2D eigenvalue weighted by molar-refractivity contribution is -0.128. The van der Waals surface area contributed by atoms with Gasteiger partial charge in [0.1, 0.15) is 5.75 Å². The van der Waals surface area contributed by atoms with E-state index < -0.39 is 17.6 Å². The standard InChI is InChI=1S/C22H24BrN3O4/c1-2-12-22(21(28)26-24)19(15-4-8-17(23)9-5-15)30-20(25-22)16-6-10-18(11-7-16)29-14-3-13-27/h2,4-11,19,27H,1,3,12-14,24H2,(H,26,28)/t19-,22-/m0/s1. The Morgan fingerprint density at radius 3 is 2.60 bits per heavy atom. The molecule has 3 rings (SSSR count). The Bertz CT molecular complexity index is 915. The molecule has 0 aliphatic carbocycles. The van der Waals surface area contributed by atoms with Crippen LogP contribution in [-0.2, 0) is 9.53 Å². The molecule has 158 valence electrons. The lowest BCUT2D eigenvalue weighted by Gasteiger charge is -2.28. The normalized spacial score (nSPS) is 20.2. The van der Waals surface area contributed by atoms with E-state index in [0.29, 0.717) is 30.2 Å². The second kappa shape index (κ2) is 9.88. The molecule has 0 saturated carbocycles. The van der Waals surface area contributed by atoms with Crippen LogP contribution in [0.15, 0.2) is 70.7 Å². The highest BCUT2D eigenvalue weighted by molar-refractivity contribution is 9.10. The first-order valence-corrected chi connectivity index (χ1v) is 10.3. The monoisotopic (exact) mass is 473 g/mol. The fourth-order valence-electron chi connectivity index (χ4n) is 3.30. The molecule has 0 bridgehead atoms. The summed E-state index contributed by atoms with van der Waals surface area (Å²) in [6.45, 7) is 4.29. The number of halogens is 1. The van der Waals surface area contributed by atoms with Crippen LogP contribution in [0.4, 0.5) is 0 Å². The Labute approximate surface area is 183 Å². The summed E-state index contributed by atoms with van der Waals surface area (Å²) in [7, 11) is 0. The topological polar surface area (TPSA) is 106 Å². The molecular formula is C22H24BrN3O4. The quantitative estimate of drug-likeness (QED) is 0.170. The third-order valence-electron chi connectivity index (χ3n) is 4.79. The number of benzene rings is 2. The fourth-order valence-corrected chi connectivity index (χ4v) is 3.56. The molecule has 2 aromatic carbocycles. The number of nitrogens with zero attached hydrogens (tertiary/aromatic N) is 1. The zero-order valence-electron chi connectivity index (χ0n) is 16.4. The van der Waals surface area contributed by atoms with Crippen molar-refractivity contribution in [3.05, 3.63) is 76.8 Å². The van der Waals surface area contributed by atoms with Crippen molar-refractivity contribution in [2.24, 2.45) is 10.8 Å². The van der Waals surface area contributed by atoms with E-state index >= 15 is 0 Å². The van der Waals surface area contributed by atoms with Gasteiger partial charge in [0.15, 0.2) is 11.6 Å². The molecule has 2 atom stereocenters. The maximum atomic E-state index is 12.8. The largest absolute Gasteiger partial charge is 0.494 e. The second-order valence-corrected chi connectivity index (χ2v) is 7.72. The fraction of sp³-hybridized carbons (Fsp3) is 0.273. The summed E-state index contributed by atoms with van der Waals surface area (Å²) in [5, 5.41) is 8.86. The first-order chi connectivity index (χ1) is 14.5. The van der Waals surface area contributed by atoms with Crippen LogP contribution in [0.5, 0.6) is 5.75 Å². The number of hydrazine groups is 1. The van der Waals surface area contributed by atoms with Crippen molar-refractivity contribution in [3.63, 3.8) is 0 Å². The molecule has 0 fully saturated rings. The molecule has 8 heteroatoms. The maximum Gasteiger partial charge on any atom is 0.266 e. The van der Waals surface area contributed by atoms with Crippen LogP contribution >= 0.6 is 15.9 Å². The third kappa shape index (κ3) is 4.56. The van der Waals surface area contributed by atoms with Crippen molar-refractivity contribution < 1.29 is 19.4 Å². The molecule has 1 aliphatic heterocycles. The van der Waals surface area contributed by atoms with Crippen molar-refractivity contribution in [2.75, 3.05) is 13.2 Å². The van der Waals surface area contributed by atoms with Gasteiger partial charge >= 0.3 is 0 Å². The number of carbonyl (C=O) groups excluding carboxylic acids is 1. The molecule has 0 saturated heterocycles.